The van der Waals surface area contributed by atoms with Gasteiger partial charge in [-0.2, -0.15) is 0 Å². The average molecular weight is 269 g/mol. The number of rotatable bonds is 3. The molecule has 0 spiro atoms. The monoisotopic (exact) mass is 268 g/mol. The first-order valence-electron chi connectivity index (χ1n) is 4.49. The summed E-state index contributed by atoms with van der Waals surface area (Å²) in [6.07, 6.45) is 1.77. The van der Waals surface area contributed by atoms with E-state index < -0.39 is 5.97 Å². The Labute approximate surface area is 94.7 Å². The first-order valence-corrected chi connectivity index (χ1v) is 5.29. The quantitative estimate of drug-likeness (QED) is 0.929. The van der Waals surface area contributed by atoms with Crippen molar-refractivity contribution in [2.45, 2.75) is 13.0 Å². The van der Waals surface area contributed by atoms with Gasteiger partial charge in [-0.15, -0.1) is 0 Å². The van der Waals surface area contributed by atoms with E-state index in [-0.39, 0.29) is 6.42 Å². The molecule has 78 valence electrons. The Balaban J connectivity index is 2.39. The Bertz CT molecular complexity index is 507. The Morgan fingerprint density at radius 1 is 1.53 bits per heavy atom. The molecule has 15 heavy (non-hydrogen) atoms. The van der Waals surface area contributed by atoms with Crippen LogP contribution in [0.4, 0.5) is 0 Å². The molecule has 5 heteroatoms. The fraction of sp³-hybridized carbons (Fsp3) is 0.200. The largest absolute Gasteiger partial charge is 0.481 e. The molecule has 0 aliphatic rings. The van der Waals surface area contributed by atoms with Crippen molar-refractivity contribution < 1.29 is 9.90 Å². The lowest BCUT2D eigenvalue weighted by atomic mass is 10.3. The number of carbonyl (C=O) groups is 1. The van der Waals surface area contributed by atoms with Gasteiger partial charge in [0.2, 0.25) is 0 Å². The number of carboxylic acids is 1. The topological polar surface area (TPSA) is 55.1 Å². The minimum atomic E-state index is -0.802. The van der Waals surface area contributed by atoms with E-state index in [4.69, 9.17) is 5.11 Å². The molecule has 0 unspecified atom stereocenters. The highest BCUT2D eigenvalue weighted by Gasteiger charge is 2.06. The summed E-state index contributed by atoms with van der Waals surface area (Å²) >= 11 is 3.43. The number of aromatic nitrogens is 2. The lowest BCUT2D eigenvalue weighted by Gasteiger charge is -2.02. The summed E-state index contributed by atoms with van der Waals surface area (Å²) in [6.45, 7) is 0.439. The number of halogens is 1. The standard InChI is InChI=1S/C10H9BrN2O2/c11-7-2-1-3-8-10(7)13(6-12-8)5-4-9(14)15/h1-3,6H,4-5H2,(H,14,15). The molecule has 0 aliphatic carbocycles. The molecular formula is C10H9BrN2O2. The van der Waals surface area contributed by atoms with E-state index in [0.29, 0.717) is 6.54 Å². The van der Waals surface area contributed by atoms with Crippen LogP contribution in [-0.2, 0) is 11.3 Å². The molecule has 1 heterocycles. The van der Waals surface area contributed by atoms with Crippen LogP contribution in [-0.4, -0.2) is 20.6 Å². The van der Waals surface area contributed by atoms with Gasteiger partial charge in [0.05, 0.1) is 23.8 Å². The molecule has 0 radical (unpaired) electrons. The zero-order valence-electron chi connectivity index (χ0n) is 7.85. The number of imidazole rings is 1. The van der Waals surface area contributed by atoms with E-state index in [2.05, 4.69) is 20.9 Å². The maximum atomic E-state index is 10.5. The van der Waals surface area contributed by atoms with Gasteiger partial charge in [-0.25, -0.2) is 4.98 Å². The molecule has 0 bridgehead atoms. The summed E-state index contributed by atoms with van der Waals surface area (Å²) in [7, 11) is 0. The van der Waals surface area contributed by atoms with Gasteiger partial charge < -0.3 is 9.67 Å². The third-order valence-electron chi connectivity index (χ3n) is 2.16. The van der Waals surface area contributed by atoms with E-state index in [1.54, 1.807) is 6.33 Å². The van der Waals surface area contributed by atoms with Crippen molar-refractivity contribution >= 4 is 32.9 Å². The first-order chi connectivity index (χ1) is 7.18. The molecule has 0 atom stereocenters. The summed E-state index contributed by atoms with van der Waals surface area (Å²) in [5.41, 5.74) is 1.81. The summed E-state index contributed by atoms with van der Waals surface area (Å²) in [6, 6.07) is 5.72. The molecule has 0 aliphatic heterocycles. The van der Waals surface area contributed by atoms with E-state index >= 15 is 0 Å². The van der Waals surface area contributed by atoms with E-state index in [9.17, 15) is 4.79 Å². The fourth-order valence-corrected chi connectivity index (χ4v) is 2.05. The molecule has 0 amide bonds. The smallest absolute Gasteiger partial charge is 0.305 e. The molecule has 0 saturated carbocycles. The number of carboxylic acid groups (broad SMARTS) is 1. The molecule has 2 aromatic rings. The van der Waals surface area contributed by atoms with Crippen molar-refractivity contribution in [3.05, 3.63) is 29.0 Å². The number of aliphatic carboxylic acids is 1. The number of hydrogen-bond acceptors (Lipinski definition) is 2. The molecule has 0 saturated heterocycles. The van der Waals surface area contributed by atoms with Crippen molar-refractivity contribution in [2.75, 3.05) is 0 Å². The van der Waals surface area contributed by atoms with Gasteiger partial charge in [0.1, 0.15) is 0 Å². The van der Waals surface area contributed by atoms with Gasteiger partial charge >= 0.3 is 5.97 Å². The molecule has 4 nitrogen and oxygen atoms in total. The number of para-hydroxylation sites is 1. The highest BCUT2D eigenvalue weighted by atomic mass is 79.9. The van der Waals surface area contributed by atoms with E-state index in [0.717, 1.165) is 15.5 Å². The zero-order chi connectivity index (χ0) is 10.8. The highest BCUT2D eigenvalue weighted by molar-refractivity contribution is 9.10. The molecule has 2 rings (SSSR count). The average Bonchev–Trinajstić information content (AvgIpc) is 2.59. The minimum Gasteiger partial charge on any atom is -0.481 e. The van der Waals surface area contributed by atoms with Gasteiger partial charge in [-0.05, 0) is 28.1 Å². The van der Waals surface area contributed by atoms with Crippen LogP contribution in [0, 0.1) is 0 Å². The maximum Gasteiger partial charge on any atom is 0.305 e. The second-order valence-corrected chi connectivity index (χ2v) is 4.04. The zero-order valence-corrected chi connectivity index (χ0v) is 9.44. The SMILES string of the molecule is O=C(O)CCn1cnc2cccc(Br)c21. The van der Waals surface area contributed by atoms with Crippen LogP contribution in [0.15, 0.2) is 29.0 Å². The first kappa shape index (κ1) is 10.2. The second-order valence-electron chi connectivity index (χ2n) is 3.19. The third kappa shape index (κ3) is 2.02. The van der Waals surface area contributed by atoms with Gasteiger partial charge in [-0.3, -0.25) is 4.79 Å². The second kappa shape index (κ2) is 4.02. The number of fused-ring (bicyclic) bond motifs is 1. The predicted molar refractivity (Wildman–Crippen MR) is 59.7 cm³/mol. The van der Waals surface area contributed by atoms with Crippen molar-refractivity contribution in [3.8, 4) is 0 Å². The van der Waals surface area contributed by atoms with Gasteiger partial charge in [-0.1, -0.05) is 6.07 Å². The summed E-state index contributed by atoms with van der Waals surface area (Å²) < 4.78 is 2.77. The fourth-order valence-electron chi connectivity index (χ4n) is 1.47. The van der Waals surface area contributed by atoms with Gasteiger partial charge in [0.15, 0.2) is 0 Å². The Morgan fingerprint density at radius 3 is 3.07 bits per heavy atom. The van der Waals surface area contributed by atoms with Crippen LogP contribution in [0.1, 0.15) is 6.42 Å². The van der Waals surface area contributed by atoms with Crippen LogP contribution in [0.25, 0.3) is 11.0 Å². The highest BCUT2D eigenvalue weighted by Crippen LogP contribution is 2.22. The lowest BCUT2D eigenvalue weighted by Crippen LogP contribution is -2.03. The normalized spacial score (nSPS) is 10.7. The molecule has 1 aromatic heterocycles. The van der Waals surface area contributed by atoms with Gasteiger partial charge in [0.25, 0.3) is 0 Å². The maximum absolute atomic E-state index is 10.5. The van der Waals surface area contributed by atoms with Crippen molar-refractivity contribution in [3.63, 3.8) is 0 Å². The number of nitrogens with zero attached hydrogens (tertiary/aromatic N) is 2. The number of hydrogen-bond donors (Lipinski definition) is 1. The summed E-state index contributed by atoms with van der Waals surface area (Å²) in [5, 5.41) is 8.61. The Kier molecular flexibility index (Phi) is 2.73. The predicted octanol–water partition coefficient (Wildman–Crippen LogP) is 2.27. The molecular weight excluding hydrogens is 260 g/mol. The van der Waals surface area contributed by atoms with Crippen LogP contribution >= 0.6 is 15.9 Å². The molecule has 1 N–H and O–H groups in total. The van der Waals surface area contributed by atoms with Gasteiger partial charge in [0, 0.05) is 11.0 Å². The minimum absolute atomic E-state index is 0.104. The van der Waals surface area contributed by atoms with Crippen molar-refractivity contribution in [1.29, 1.82) is 0 Å². The van der Waals surface area contributed by atoms with Crippen LogP contribution in [0.5, 0.6) is 0 Å². The van der Waals surface area contributed by atoms with Crippen LogP contribution in [0.3, 0.4) is 0 Å². The molecule has 0 fully saturated rings. The Hall–Kier alpha value is -1.36. The third-order valence-corrected chi connectivity index (χ3v) is 2.80. The van der Waals surface area contributed by atoms with Crippen LogP contribution < -0.4 is 0 Å². The van der Waals surface area contributed by atoms with E-state index in [1.165, 1.54) is 0 Å². The van der Waals surface area contributed by atoms with Crippen molar-refractivity contribution in [2.24, 2.45) is 0 Å². The summed E-state index contributed by atoms with van der Waals surface area (Å²) in [4.78, 5) is 14.7. The number of aryl methyl sites for hydroxylation is 1. The van der Waals surface area contributed by atoms with E-state index in [1.807, 2.05) is 22.8 Å². The van der Waals surface area contributed by atoms with Crippen molar-refractivity contribution in [1.82, 2.24) is 9.55 Å². The van der Waals surface area contributed by atoms with Crippen LogP contribution in [0.2, 0.25) is 0 Å². The number of benzene rings is 1. The molecule has 1 aromatic carbocycles. The lowest BCUT2D eigenvalue weighted by molar-refractivity contribution is -0.137. The summed E-state index contributed by atoms with van der Waals surface area (Å²) in [5.74, 6) is -0.802. The Morgan fingerprint density at radius 2 is 2.33 bits per heavy atom.